The van der Waals surface area contributed by atoms with E-state index in [4.69, 9.17) is 25.9 Å². The molecule has 2 aliphatic carbocycles. The number of rotatable bonds is 6. The van der Waals surface area contributed by atoms with E-state index in [-0.39, 0.29) is 37.5 Å². The van der Waals surface area contributed by atoms with Crippen LogP contribution in [0, 0.1) is 62.7 Å². The van der Waals surface area contributed by atoms with Gasteiger partial charge in [0.15, 0.2) is 20.2 Å². The van der Waals surface area contributed by atoms with E-state index in [1.165, 1.54) is 32.5 Å². The number of benzene rings is 4. The van der Waals surface area contributed by atoms with Crippen LogP contribution in [0.4, 0.5) is 26.3 Å². The summed E-state index contributed by atoms with van der Waals surface area (Å²) in [5.41, 5.74) is -8.45. The molecule has 0 aromatic heterocycles. The zero-order valence-corrected chi connectivity index (χ0v) is 33.3. The van der Waals surface area contributed by atoms with E-state index < -0.39 is 47.1 Å². The fourth-order valence-electron chi connectivity index (χ4n) is 4.23. The molecule has 288 valence electrons. The molecule has 0 saturated heterocycles. The summed E-state index contributed by atoms with van der Waals surface area (Å²) in [5, 5.41) is 5.63. The van der Waals surface area contributed by atoms with Crippen molar-refractivity contribution in [3.05, 3.63) is 184 Å². The van der Waals surface area contributed by atoms with Gasteiger partial charge in [-0.15, -0.1) is 0 Å². The van der Waals surface area contributed by atoms with Crippen molar-refractivity contribution >= 4 is 57.3 Å². The second-order valence-electron chi connectivity index (χ2n) is 10.1. The second-order valence-corrected chi connectivity index (χ2v) is 17.3. The molecule has 0 spiro atoms. The largest absolute Gasteiger partial charge is 2.00 e. The first-order chi connectivity index (χ1) is 24.4. The van der Waals surface area contributed by atoms with Crippen LogP contribution in [0.15, 0.2) is 121 Å². The van der Waals surface area contributed by atoms with Crippen LogP contribution in [-0.2, 0) is 57.7 Å². The van der Waals surface area contributed by atoms with E-state index in [0.29, 0.717) is 0 Å². The van der Waals surface area contributed by atoms with Crippen molar-refractivity contribution in [3.63, 3.8) is 0 Å². The zero-order valence-electron chi connectivity index (χ0n) is 27.3. The summed E-state index contributed by atoms with van der Waals surface area (Å²) in [4.78, 5) is 0. The molecule has 6 nitrogen and oxygen atoms in total. The molecule has 0 atom stereocenters. The smallest absolute Gasteiger partial charge is 0.741 e. The average Bonchev–Trinajstić information content (AvgIpc) is 3.82. The minimum Gasteiger partial charge on any atom is -0.741 e. The standard InChI is InChI=1S/2C17H14P.2CHF3O3S.Fe.Pd/c2*1-3-9-15(10-4-1)18(17-13-7-8-14-17)16-11-5-2-6-12-16;2*2-1(3,4)8(5,6)7;;/h2*1-14H;2*(H,5,6,7);;/q;;;;2*+2/p-2. The van der Waals surface area contributed by atoms with Gasteiger partial charge in [0, 0.05) is 11.3 Å². The number of alkyl halides is 6. The van der Waals surface area contributed by atoms with Crippen LogP contribution >= 0.6 is 15.8 Å². The van der Waals surface area contributed by atoms with Crippen LogP contribution in [0.5, 0.6) is 0 Å². The fraction of sp³-hybridized carbons (Fsp3) is 0.0556. The van der Waals surface area contributed by atoms with Gasteiger partial charge in [0.2, 0.25) is 0 Å². The molecule has 0 unspecified atom stereocenters. The predicted molar refractivity (Wildman–Crippen MR) is 191 cm³/mol. The maximum absolute atomic E-state index is 10.7. The predicted octanol–water partition coefficient (Wildman–Crippen LogP) is 7.06. The summed E-state index contributed by atoms with van der Waals surface area (Å²) in [6, 6.07) is 43.1. The monoisotopic (exact) mass is 958 g/mol. The normalized spacial score (nSPS) is 15.0. The topological polar surface area (TPSA) is 114 Å². The summed E-state index contributed by atoms with van der Waals surface area (Å²) in [7, 11) is -13.0. The van der Waals surface area contributed by atoms with Crippen LogP contribution in [0.1, 0.15) is 0 Å². The van der Waals surface area contributed by atoms with Gasteiger partial charge < -0.3 is 9.11 Å². The van der Waals surface area contributed by atoms with Gasteiger partial charge in [-0.3, -0.25) is 0 Å². The maximum Gasteiger partial charge on any atom is 2.00 e. The maximum atomic E-state index is 10.7. The Hall–Kier alpha value is -1.68. The third-order valence-electron chi connectivity index (χ3n) is 6.43. The van der Waals surface area contributed by atoms with E-state index >= 15 is 0 Å². The first-order valence-electron chi connectivity index (χ1n) is 14.7. The summed E-state index contributed by atoms with van der Waals surface area (Å²) in [5.74, 6) is 0. The first-order valence-corrected chi connectivity index (χ1v) is 20.2. The molecular formula is C36H28F6FeO6P2PdS2+2. The molecule has 54 heavy (non-hydrogen) atoms. The summed E-state index contributed by atoms with van der Waals surface area (Å²) in [6.45, 7) is 0. The Morgan fingerprint density at radius 3 is 0.722 bits per heavy atom. The van der Waals surface area contributed by atoms with E-state index in [9.17, 15) is 26.3 Å². The van der Waals surface area contributed by atoms with E-state index in [0.717, 1.165) is 0 Å². The molecule has 0 bridgehead atoms. The van der Waals surface area contributed by atoms with Crippen molar-refractivity contribution in [3.8, 4) is 0 Å². The van der Waals surface area contributed by atoms with Gasteiger partial charge in [-0.05, 0) is 88.4 Å². The van der Waals surface area contributed by atoms with E-state index in [1.54, 1.807) is 0 Å². The molecule has 2 aliphatic rings. The van der Waals surface area contributed by atoms with Gasteiger partial charge in [-0.2, -0.15) is 26.3 Å². The van der Waals surface area contributed by atoms with E-state index in [1.807, 2.05) is 0 Å². The van der Waals surface area contributed by atoms with Crippen molar-refractivity contribution < 1.29 is 89.8 Å². The first kappa shape index (κ1) is 50.3. The molecule has 6 rings (SSSR count). The average molecular weight is 959 g/mol. The van der Waals surface area contributed by atoms with Crippen molar-refractivity contribution in [2.24, 2.45) is 0 Å². The molecule has 0 aliphatic heterocycles. The molecule has 4 aromatic rings. The van der Waals surface area contributed by atoms with Crippen molar-refractivity contribution in [1.29, 1.82) is 0 Å². The minimum atomic E-state index is -6.09. The van der Waals surface area contributed by atoms with Gasteiger partial charge in [-0.25, -0.2) is 16.8 Å². The van der Waals surface area contributed by atoms with Gasteiger partial charge >= 0.3 is 48.5 Å². The SMILES string of the molecule is O=S(=O)([O-])C(F)(F)F.O=S(=O)([O-])C(F)(F)F.[CH]1[CH][CH][C](P(c2ccccc2)c2ccccc2)[CH]1.[CH]1[CH][CH][C](P(c2ccccc2)c2ccccc2)[CH]1.[Fe+2].[Pd+2]. The Morgan fingerprint density at radius 2 is 0.574 bits per heavy atom. The third kappa shape index (κ3) is 16.4. The third-order valence-corrected chi connectivity index (χ3v) is 12.5. The van der Waals surface area contributed by atoms with Gasteiger partial charge in [-0.1, -0.05) is 121 Å². The zero-order chi connectivity index (χ0) is 38.4. The Bertz CT molecular complexity index is 1620. The molecule has 10 radical (unpaired) electrons. The van der Waals surface area contributed by atoms with Crippen molar-refractivity contribution in [1.82, 2.24) is 0 Å². The Morgan fingerprint density at radius 1 is 0.407 bits per heavy atom. The quantitative estimate of drug-likeness (QED) is 0.0673. The second kappa shape index (κ2) is 23.5. The van der Waals surface area contributed by atoms with Gasteiger partial charge in [0.1, 0.15) is 0 Å². The van der Waals surface area contributed by atoms with E-state index in [2.05, 4.69) is 173 Å². The summed E-state index contributed by atoms with van der Waals surface area (Å²) in [6.07, 6.45) is 17.4. The molecule has 4 aromatic carbocycles. The van der Waals surface area contributed by atoms with Crippen LogP contribution in [0.2, 0.25) is 0 Å². The van der Waals surface area contributed by atoms with Crippen LogP contribution < -0.4 is 21.2 Å². The van der Waals surface area contributed by atoms with Crippen LogP contribution in [0.25, 0.3) is 0 Å². The van der Waals surface area contributed by atoms with Crippen LogP contribution in [-0.4, -0.2) is 37.0 Å². The summed E-state index contributed by atoms with van der Waals surface area (Å²) < 4.78 is 118. The van der Waals surface area contributed by atoms with Gasteiger partial charge in [0.25, 0.3) is 0 Å². The molecular weight excluding hydrogens is 931 g/mol. The molecule has 18 heteroatoms. The Kier molecular flexibility index (Phi) is 21.9. The van der Waals surface area contributed by atoms with Crippen molar-refractivity contribution in [2.75, 3.05) is 0 Å². The summed E-state index contributed by atoms with van der Waals surface area (Å²) >= 11 is 0. The number of halogens is 6. The molecule has 0 N–H and O–H groups in total. The Balaban J connectivity index is 0.000000382. The number of hydrogen-bond acceptors (Lipinski definition) is 6. The molecule has 2 saturated carbocycles. The number of hydrogen-bond donors (Lipinski definition) is 0. The molecule has 0 heterocycles. The van der Waals surface area contributed by atoms with Gasteiger partial charge in [0.05, 0.1) is 0 Å². The molecule has 0 amide bonds. The molecule has 2 fully saturated rings. The minimum absolute atomic E-state index is 0. The van der Waals surface area contributed by atoms with Crippen molar-refractivity contribution in [2.45, 2.75) is 11.0 Å². The fourth-order valence-corrected chi connectivity index (χ4v) is 8.84. The Labute approximate surface area is 340 Å². The van der Waals surface area contributed by atoms with Crippen LogP contribution in [0.3, 0.4) is 0 Å².